The van der Waals surface area contributed by atoms with Crippen molar-refractivity contribution in [2.24, 2.45) is 0 Å². The average molecular weight is 270 g/mol. The quantitative estimate of drug-likeness (QED) is 0.751. The number of likely N-dealkylation sites (tertiary alicyclic amines) is 1. The summed E-state index contributed by atoms with van der Waals surface area (Å²) in [6, 6.07) is 1.34. The molecule has 0 aromatic rings. The summed E-state index contributed by atoms with van der Waals surface area (Å²) >= 11 is 0. The largest absolute Gasteiger partial charge is 0.468 e. The zero-order valence-electron chi connectivity index (χ0n) is 13.2. The summed E-state index contributed by atoms with van der Waals surface area (Å²) in [6.45, 7) is 7.61. The minimum Gasteiger partial charge on any atom is -0.468 e. The molecule has 19 heavy (non-hydrogen) atoms. The number of likely N-dealkylation sites (N-methyl/N-ethyl adjacent to an activating group) is 1. The van der Waals surface area contributed by atoms with Crippen molar-refractivity contribution in [3.8, 4) is 0 Å². The third-order valence-electron chi connectivity index (χ3n) is 4.66. The second-order valence-corrected chi connectivity index (χ2v) is 6.04. The maximum absolute atomic E-state index is 11.8. The Hall–Kier alpha value is -0.610. The lowest BCUT2D eigenvalue weighted by atomic mass is 9.93. The number of rotatable bonds is 6. The van der Waals surface area contributed by atoms with E-state index in [0.717, 1.165) is 19.4 Å². The van der Waals surface area contributed by atoms with Crippen LogP contribution in [0, 0.1) is 0 Å². The van der Waals surface area contributed by atoms with Gasteiger partial charge in [0.15, 0.2) is 0 Å². The van der Waals surface area contributed by atoms with Crippen LogP contribution in [-0.4, -0.2) is 49.2 Å². The van der Waals surface area contributed by atoms with Gasteiger partial charge in [-0.1, -0.05) is 6.42 Å². The van der Waals surface area contributed by atoms with E-state index in [1.54, 1.807) is 0 Å². The molecule has 0 aliphatic carbocycles. The maximum atomic E-state index is 11.8. The Morgan fingerprint density at radius 2 is 1.95 bits per heavy atom. The molecule has 1 N–H and O–H groups in total. The second kappa shape index (κ2) is 7.25. The highest BCUT2D eigenvalue weighted by molar-refractivity contribution is 5.80. The van der Waals surface area contributed by atoms with Gasteiger partial charge in [-0.05, 0) is 60.0 Å². The smallest absolute Gasteiger partial charge is 0.325 e. The third-order valence-corrected chi connectivity index (χ3v) is 4.66. The molecule has 0 radical (unpaired) electrons. The number of ether oxygens (including phenoxy) is 1. The minimum atomic E-state index is -0.559. The zero-order chi connectivity index (χ0) is 14.5. The molecule has 1 saturated heterocycles. The van der Waals surface area contributed by atoms with E-state index in [9.17, 15) is 4.79 Å². The van der Waals surface area contributed by atoms with Gasteiger partial charge in [0, 0.05) is 12.1 Å². The van der Waals surface area contributed by atoms with Crippen LogP contribution in [0.15, 0.2) is 0 Å². The molecule has 1 aliphatic rings. The molecule has 0 aromatic carbocycles. The van der Waals surface area contributed by atoms with Crippen LogP contribution < -0.4 is 5.32 Å². The highest BCUT2D eigenvalue weighted by atomic mass is 16.5. The van der Waals surface area contributed by atoms with Crippen LogP contribution in [0.25, 0.3) is 0 Å². The van der Waals surface area contributed by atoms with Crippen LogP contribution in [0.5, 0.6) is 0 Å². The number of carbonyl (C=O) groups is 1. The molecular formula is C15H30N2O2. The van der Waals surface area contributed by atoms with Gasteiger partial charge in [0.05, 0.1) is 7.11 Å². The Kier molecular flexibility index (Phi) is 6.27. The van der Waals surface area contributed by atoms with Crippen LogP contribution in [0.1, 0.15) is 52.9 Å². The normalized spacial score (nSPS) is 27.8. The van der Waals surface area contributed by atoms with Crippen molar-refractivity contribution >= 4 is 5.97 Å². The van der Waals surface area contributed by atoms with Crippen LogP contribution in [-0.2, 0) is 9.53 Å². The lowest BCUT2D eigenvalue weighted by Gasteiger charge is -2.39. The van der Waals surface area contributed by atoms with Gasteiger partial charge in [-0.3, -0.25) is 9.69 Å². The molecule has 0 spiro atoms. The van der Waals surface area contributed by atoms with Crippen LogP contribution >= 0.6 is 0 Å². The molecule has 3 atom stereocenters. The first-order valence-electron chi connectivity index (χ1n) is 7.47. The van der Waals surface area contributed by atoms with Gasteiger partial charge in [0.2, 0.25) is 0 Å². The Labute approximate surface area is 117 Å². The van der Waals surface area contributed by atoms with Gasteiger partial charge in [-0.15, -0.1) is 0 Å². The summed E-state index contributed by atoms with van der Waals surface area (Å²) in [5.74, 6) is -0.172. The summed E-state index contributed by atoms with van der Waals surface area (Å²) < 4.78 is 4.88. The van der Waals surface area contributed by atoms with E-state index in [1.807, 2.05) is 14.0 Å². The van der Waals surface area contributed by atoms with Crippen LogP contribution in [0.3, 0.4) is 0 Å². The minimum absolute atomic E-state index is 0.172. The third kappa shape index (κ3) is 4.18. The van der Waals surface area contributed by atoms with E-state index in [2.05, 4.69) is 24.1 Å². The predicted octanol–water partition coefficient (Wildman–Crippen LogP) is 2.18. The number of nitrogens with one attached hydrogen (secondary N) is 1. The number of nitrogens with zero attached hydrogens (tertiary/aromatic N) is 1. The first kappa shape index (κ1) is 16.4. The van der Waals surface area contributed by atoms with Crippen molar-refractivity contribution in [1.82, 2.24) is 10.2 Å². The molecule has 1 rings (SSSR count). The topological polar surface area (TPSA) is 41.6 Å². The molecule has 112 valence electrons. The monoisotopic (exact) mass is 270 g/mol. The van der Waals surface area contributed by atoms with Gasteiger partial charge < -0.3 is 10.1 Å². The Morgan fingerprint density at radius 1 is 1.37 bits per heavy atom. The van der Waals surface area contributed by atoms with Gasteiger partial charge >= 0.3 is 5.97 Å². The summed E-state index contributed by atoms with van der Waals surface area (Å²) in [5, 5.41) is 3.10. The molecular weight excluding hydrogens is 240 g/mol. The van der Waals surface area contributed by atoms with Gasteiger partial charge in [0.25, 0.3) is 0 Å². The maximum Gasteiger partial charge on any atom is 0.325 e. The molecule has 1 heterocycles. The fourth-order valence-corrected chi connectivity index (χ4v) is 3.09. The first-order valence-corrected chi connectivity index (χ1v) is 7.47. The zero-order valence-corrected chi connectivity index (χ0v) is 13.2. The van der Waals surface area contributed by atoms with Crippen molar-refractivity contribution in [3.63, 3.8) is 0 Å². The van der Waals surface area contributed by atoms with Crippen LogP contribution in [0.2, 0.25) is 0 Å². The second-order valence-electron chi connectivity index (χ2n) is 6.04. The van der Waals surface area contributed by atoms with Crippen LogP contribution in [0.4, 0.5) is 0 Å². The Bertz CT molecular complexity index is 286. The van der Waals surface area contributed by atoms with E-state index in [1.165, 1.54) is 26.4 Å². The number of esters is 1. The first-order chi connectivity index (χ1) is 8.94. The van der Waals surface area contributed by atoms with Crippen molar-refractivity contribution in [1.29, 1.82) is 0 Å². The standard InChI is InChI=1S/C15H30N2O2/c1-12-8-6-9-13(2)17(12)11-7-10-15(3,16-4)14(18)19-5/h12-13,16H,6-11H2,1-5H3. The lowest BCUT2D eigenvalue weighted by Crippen LogP contribution is -2.49. The van der Waals surface area contributed by atoms with Crippen molar-refractivity contribution in [2.45, 2.75) is 70.5 Å². The molecule has 1 fully saturated rings. The summed E-state index contributed by atoms with van der Waals surface area (Å²) in [6.07, 6.45) is 5.76. The Balaban J connectivity index is 2.45. The summed E-state index contributed by atoms with van der Waals surface area (Å²) in [4.78, 5) is 14.4. The van der Waals surface area contributed by atoms with E-state index in [0.29, 0.717) is 12.1 Å². The highest BCUT2D eigenvalue weighted by Crippen LogP contribution is 2.23. The number of hydrogen-bond acceptors (Lipinski definition) is 4. The average Bonchev–Trinajstić information content (AvgIpc) is 2.40. The van der Waals surface area contributed by atoms with E-state index < -0.39 is 5.54 Å². The van der Waals surface area contributed by atoms with Crippen molar-refractivity contribution < 1.29 is 9.53 Å². The molecule has 0 aromatic heterocycles. The van der Waals surface area contributed by atoms with Crippen molar-refractivity contribution in [3.05, 3.63) is 0 Å². The highest BCUT2D eigenvalue weighted by Gasteiger charge is 2.32. The van der Waals surface area contributed by atoms with Gasteiger partial charge in [-0.25, -0.2) is 0 Å². The van der Waals surface area contributed by atoms with E-state index in [4.69, 9.17) is 4.74 Å². The number of hydrogen-bond donors (Lipinski definition) is 1. The molecule has 0 bridgehead atoms. The lowest BCUT2D eigenvalue weighted by molar-refractivity contribution is -0.148. The predicted molar refractivity (Wildman–Crippen MR) is 78.2 cm³/mol. The summed E-state index contributed by atoms with van der Waals surface area (Å²) in [5.41, 5.74) is -0.559. The SMILES string of the molecule is CNC(C)(CCCN1C(C)CCCC1C)C(=O)OC. The molecule has 4 heteroatoms. The molecule has 3 unspecified atom stereocenters. The van der Waals surface area contributed by atoms with Crippen molar-refractivity contribution in [2.75, 3.05) is 20.7 Å². The van der Waals surface area contributed by atoms with Gasteiger partial charge in [-0.2, -0.15) is 0 Å². The molecule has 0 saturated carbocycles. The fourth-order valence-electron chi connectivity index (χ4n) is 3.09. The Morgan fingerprint density at radius 3 is 2.42 bits per heavy atom. The number of carbonyl (C=O) groups excluding carboxylic acids is 1. The molecule has 1 aliphatic heterocycles. The van der Waals surface area contributed by atoms with E-state index >= 15 is 0 Å². The molecule has 0 amide bonds. The van der Waals surface area contributed by atoms with E-state index in [-0.39, 0.29) is 5.97 Å². The number of methoxy groups -OCH3 is 1. The summed E-state index contributed by atoms with van der Waals surface area (Å²) in [7, 11) is 3.27. The van der Waals surface area contributed by atoms with Gasteiger partial charge in [0.1, 0.15) is 5.54 Å². The molecule has 4 nitrogen and oxygen atoms in total. The fraction of sp³-hybridized carbons (Fsp3) is 0.933. The number of piperidine rings is 1.